The second kappa shape index (κ2) is 10.2. The lowest BCUT2D eigenvalue weighted by atomic mass is 10.00. The molecule has 0 spiro atoms. The molecule has 1 aliphatic carbocycles. The van der Waals surface area contributed by atoms with Crippen molar-refractivity contribution in [2.45, 2.75) is 83.1 Å². The van der Waals surface area contributed by atoms with Gasteiger partial charge in [-0.15, -0.1) is 10.2 Å². The highest BCUT2D eigenvalue weighted by molar-refractivity contribution is 7.99. The van der Waals surface area contributed by atoms with Gasteiger partial charge in [0.25, 0.3) is 0 Å². The highest BCUT2D eigenvalue weighted by Crippen LogP contribution is 2.41. The number of nitrogens with one attached hydrogen (secondary N) is 1. The standard InChI is InChI=1S/C25H35N7O2S/c1-16-8-10-30(11-9-16)24-28-29-25(32(24)19-6-7-19)35-15-22(33)27-23-21(13-26)17(2)18(3)31(23)14-20-5-4-12-34-20/h16,19-20H,4-12,14-15H2,1-3H3,(H,27,33). The fourth-order valence-corrected chi connectivity index (χ4v) is 5.89. The molecule has 3 aliphatic rings. The van der Waals surface area contributed by atoms with Crippen molar-refractivity contribution in [1.29, 1.82) is 5.26 Å². The van der Waals surface area contributed by atoms with E-state index in [1.807, 2.05) is 18.4 Å². The molecule has 0 aromatic carbocycles. The highest BCUT2D eigenvalue weighted by atomic mass is 32.2. The number of nitriles is 1. The Bertz CT molecular complexity index is 1120. The Hall–Kier alpha value is -2.51. The van der Waals surface area contributed by atoms with Crippen molar-refractivity contribution in [3.63, 3.8) is 0 Å². The molecule has 0 radical (unpaired) electrons. The first-order valence-corrected chi connectivity index (χ1v) is 13.8. The van der Waals surface area contributed by atoms with Crippen molar-refractivity contribution < 1.29 is 9.53 Å². The molecular weight excluding hydrogens is 462 g/mol. The molecule has 2 aromatic rings. The van der Waals surface area contributed by atoms with Crippen LogP contribution in [0.3, 0.4) is 0 Å². The van der Waals surface area contributed by atoms with Gasteiger partial charge in [0, 0.05) is 31.4 Å². The van der Waals surface area contributed by atoms with Crippen LogP contribution in [-0.4, -0.2) is 56.8 Å². The molecule has 1 saturated carbocycles. The molecule has 0 bridgehead atoms. The molecule has 2 aromatic heterocycles. The fraction of sp³-hybridized carbons (Fsp3) is 0.680. The van der Waals surface area contributed by atoms with Gasteiger partial charge in [0.1, 0.15) is 11.9 Å². The minimum atomic E-state index is -0.142. The van der Waals surface area contributed by atoms with Crippen LogP contribution < -0.4 is 10.2 Å². The van der Waals surface area contributed by atoms with Crippen molar-refractivity contribution in [2.75, 3.05) is 35.7 Å². The van der Waals surface area contributed by atoms with E-state index in [4.69, 9.17) is 4.74 Å². The quantitative estimate of drug-likeness (QED) is 0.549. The lowest BCUT2D eigenvalue weighted by Gasteiger charge is -2.31. The zero-order chi connectivity index (χ0) is 24.5. The zero-order valence-electron chi connectivity index (χ0n) is 20.9. The molecule has 2 saturated heterocycles. The van der Waals surface area contributed by atoms with Crippen LogP contribution in [0.4, 0.5) is 11.8 Å². The average Bonchev–Trinajstić information content (AvgIpc) is 3.30. The molecule has 5 rings (SSSR count). The second-order valence-electron chi connectivity index (χ2n) is 10.2. The monoisotopic (exact) mass is 497 g/mol. The van der Waals surface area contributed by atoms with Crippen molar-refractivity contribution in [3.05, 3.63) is 16.8 Å². The van der Waals surface area contributed by atoms with Crippen LogP contribution in [0, 0.1) is 31.1 Å². The van der Waals surface area contributed by atoms with E-state index < -0.39 is 0 Å². The van der Waals surface area contributed by atoms with Gasteiger partial charge >= 0.3 is 0 Å². The number of rotatable bonds is 8. The second-order valence-corrected chi connectivity index (χ2v) is 11.1. The third kappa shape index (κ3) is 5.07. The van der Waals surface area contributed by atoms with Crippen molar-refractivity contribution >= 4 is 29.4 Å². The predicted molar refractivity (Wildman–Crippen MR) is 136 cm³/mol. The molecule has 1 atom stereocenters. The zero-order valence-corrected chi connectivity index (χ0v) is 21.7. The van der Waals surface area contributed by atoms with Gasteiger partial charge in [0.05, 0.1) is 24.0 Å². The van der Waals surface area contributed by atoms with Crippen molar-refractivity contribution in [3.8, 4) is 6.07 Å². The van der Waals surface area contributed by atoms with Gasteiger partial charge in [-0.1, -0.05) is 18.7 Å². The Kier molecular flexibility index (Phi) is 7.07. The van der Waals surface area contributed by atoms with Crippen molar-refractivity contribution in [2.24, 2.45) is 5.92 Å². The topological polar surface area (TPSA) is 101 Å². The first-order valence-electron chi connectivity index (χ1n) is 12.8. The van der Waals surface area contributed by atoms with Gasteiger partial charge in [-0.2, -0.15) is 5.26 Å². The Morgan fingerprint density at radius 2 is 1.97 bits per heavy atom. The maximum atomic E-state index is 13.1. The SMILES string of the molecule is Cc1c(C#N)c(NC(=O)CSc2nnc(N3CCC(C)CC3)n2C2CC2)n(CC2CCCO2)c1C. The smallest absolute Gasteiger partial charge is 0.235 e. The van der Waals surface area contributed by atoms with E-state index >= 15 is 0 Å². The predicted octanol–water partition coefficient (Wildman–Crippen LogP) is 4.05. The highest BCUT2D eigenvalue weighted by Gasteiger charge is 2.33. The molecule has 9 nitrogen and oxygen atoms in total. The minimum Gasteiger partial charge on any atom is -0.376 e. The first-order chi connectivity index (χ1) is 17.0. The number of ether oxygens (including phenoxy) is 1. The van der Waals surface area contributed by atoms with Gasteiger partial charge in [-0.3, -0.25) is 9.36 Å². The maximum Gasteiger partial charge on any atom is 0.235 e. The largest absolute Gasteiger partial charge is 0.376 e. The lowest BCUT2D eigenvalue weighted by molar-refractivity contribution is -0.113. The van der Waals surface area contributed by atoms with Crippen LogP contribution in [0.25, 0.3) is 0 Å². The Labute approximate surface area is 211 Å². The number of anilines is 2. The van der Waals surface area contributed by atoms with E-state index in [0.29, 0.717) is 24.0 Å². The normalized spacial score (nSPS) is 20.9. The number of nitrogens with zero attached hydrogens (tertiary/aromatic N) is 6. The number of carbonyl (C=O) groups is 1. The molecule has 1 amide bonds. The number of carbonyl (C=O) groups excluding carboxylic acids is 1. The van der Waals surface area contributed by atoms with Crippen LogP contribution in [-0.2, 0) is 16.1 Å². The Morgan fingerprint density at radius 1 is 1.20 bits per heavy atom. The summed E-state index contributed by atoms with van der Waals surface area (Å²) in [5, 5.41) is 22.6. The summed E-state index contributed by atoms with van der Waals surface area (Å²) in [5.41, 5.74) is 2.43. The van der Waals surface area contributed by atoms with E-state index in [1.54, 1.807) is 0 Å². The summed E-state index contributed by atoms with van der Waals surface area (Å²) in [6, 6.07) is 2.72. The fourth-order valence-electron chi connectivity index (χ4n) is 5.09. The maximum absolute atomic E-state index is 13.1. The summed E-state index contributed by atoms with van der Waals surface area (Å²) in [6.07, 6.45) is 6.78. The summed E-state index contributed by atoms with van der Waals surface area (Å²) in [4.78, 5) is 15.4. The Morgan fingerprint density at radius 3 is 2.63 bits per heavy atom. The summed E-state index contributed by atoms with van der Waals surface area (Å²) in [5.74, 6) is 2.36. The summed E-state index contributed by atoms with van der Waals surface area (Å²) >= 11 is 1.43. The number of piperidine rings is 1. The van der Waals surface area contributed by atoms with Gasteiger partial charge in [-0.25, -0.2) is 0 Å². The summed E-state index contributed by atoms with van der Waals surface area (Å²) in [6.45, 7) is 9.67. The third-order valence-corrected chi connectivity index (χ3v) is 8.51. The third-order valence-electron chi connectivity index (χ3n) is 7.57. The molecule has 2 aliphatic heterocycles. The van der Waals surface area contributed by atoms with E-state index in [9.17, 15) is 10.1 Å². The number of amides is 1. The van der Waals surface area contributed by atoms with Gasteiger partial charge in [0.15, 0.2) is 5.16 Å². The van der Waals surface area contributed by atoms with Crippen LogP contribution in [0.15, 0.2) is 5.16 Å². The van der Waals surface area contributed by atoms with E-state index in [2.05, 4.69) is 38.0 Å². The molecular formula is C25H35N7O2S. The first kappa shape index (κ1) is 24.2. The van der Waals surface area contributed by atoms with E-state index in [-0.39, 0.29) is 17.8 Å². The molecule has 1 N–H and O–H groups in total. The van der Waals surface area contributed by atoms with Crippen LogP contribution in [0.1, 0.15) is 68.3 Å². The van der Waals surface area contributed by atoms with E-state index in [0.717, 1.165) is 73.7 Å². The van der Waals surface area contributed by atoms with Crippen LogP contribution in [0.5, 0.6) is 0 Å². The van der Waals surface area contributed by atoms with Gasteiger partial charge < -0.3 is 19.5 Å². The van der Waals surface area contributed by atoms with Crippen LogP contribution in [0.2, 0.25) is 0 Å². The van der Waals surface area contributed by atoms with Crippen LogP contribution >= 0.6 is 11.8 Å². The Balaban J connectivity index is 1.29. The molecule has 188 valence electrons. The number of hydrogen-bond donors (Lipinski definition) is 1. The van der Waals surface area contributed by atoms with Gasteiger partial charge in [-0.05, 0) is 63.9 Å². The van der Waals surface area contributed by atoms with Gasteiger partial charge in [0.2, 0.25) is 11.9 Å². The number of thioether (sulfide) groups is 1. The molecule has 10 heteroatoms. The summed E-state index contributed by atoms with van der Waals surface area (Å²) < 4.78 is 10.1. The molecule has 4 heterocycles. The lowest BCUT2D eigenvalue weighted by Crippen LogP contribution is -2.34. The molecule has 1 unspecified atom stereocenters. The number of hydrogen-bond acceptors (Lipinski definition) is 7. The minimum absolute atomic E-state index is 0.116. The van der Waals surface area contributed by atoms with E-state index in [1.165, 1.54) is 24.6 Å². The molecule has 3 fully saturated rings. The number of aromatic nitrogens is 4. The molecule has 35 heavy (non-hydrogen) atoms. The summed E-state index contributed by atoms with van der Waals surface area (Å²) in [7, 11) is 0. The van der Waals surface area contributed by atoms with Crippen molar-refractivity contribution in [1.82, 2.24) is 19.3 Å². The average molecular weight is 498 g/mol.